The molecule has 0 N–H and O–H groups in total. The van der Waals surface area contributed by atoms with Crippen molar-refractivity contribution in [2.75, 3.05) is 13.1 Å². The van der Waals surface area contributed by atoms with E-state index < -0.39 is 0 Å². The second kappa shape index (κ2) is 7.88. The Balaban J connectivity index is 1.24. The molecule has 1 saturated heterocycles. The molecule has 0 aliphatic carbocycles. The van der Waals surface area contributed by atoms with Crippen LogP contribution in [0, 0.1) is 19.8 Å². The van der Waals surface area contributed by atoms with E-state index in [9.17, 15) is 9.59 Å². The highest BCUT2D eigenvalue weighted by Crippen LogP contribution is 2.19. The van der Waals surface area contributed by atoms with Gasteiger partial charge >= 0.3 is 0 Å². The molecule has 5 rings (SSSR count). The number of hydrogen-bond donors (Lipinski definition) is 0. The van der Waals surface area contributed by atoms with Crippen LogP contribution in [0.3, 0.4) is 0 Å². The summed E-state index contributed by atoms with van der Waals surface area (Å²) in [4.78, 5) is 28.2. The lowest BCUT2D eigenvalue weighted by Gasteiger charge is -2.38. The number of nitrogens with zero attached hydrogens (tertiary/aromatic N) is 8. The summed E-state index contributed by atoms with van der Waals surface area (Å²) in [5.41, 5.74) is 2.75. The molecule has 0 saturated carbocycles. The Labute approximate surface area is 183 Å². The molecule has 1 amide bonds. The van der Waals surface area contributed by atoms with Crippen LogP contribution in [-0.4, -0.2) is 58.5 Å². The molecular weight excluding hydrogens is 408 g/mol. The molecule has 1 fully saturated rings. The van der Waals surface area contributed by atoms with E-state index in [2.05, 4.69) is 20.4 Å². The number of rotatable bonds is 5. The Hall–Kier alpha value is -4.08. The second-order valence-electron chi connectivity index (χ2n) is 7.98. The third kappa shape index (κ3) is 3.70. The highest BCUT2D eigenvalue weighted by molar-refractivity contribution is 5.92. The first kappa shape index (κ1) is 19.9. The fraction of sp³-hybridized carbons (Fsp3) is 0.273. The van der Waals surface area contributed by atoms with Crippen molar-refractivity contribution in [1.29, 1.82) is 0 Å². The number of para-hydroxylation sites is 1. The van der Waals surface area contributed by atoms with E-state index in [4.69, 9.17) is 0 Å². The van der Waals surface area contributed by atoms with Gasteiger partial charge in [0.2, 0.25) is 0 Å². The van der Waals surface area contributed by atoms with Gasteiger partial charge in [-0.25, -0.2) is 9.36 Å². The number of amides is 1. The lowest BCUT2D eigenvalue weighted by atomic mass is 10.00. The van der Waals surface area contributed by atoms with Crippen molar-refractivity contribution in [2.45, 2.75) is 20.4 Å². The van der Waals surface area contributed by atoms with Crippen LogP contribution in [0.15, 0.2) is 59.5 Å². The molecule has 162 valence electrons. The first-order valence-corrected chi connectivity index (χ1v) is 10.4. The molecule has 10 heteroatoms. The van der Waals surface area contributed by atoms with Gasteiger partial charge < -0.3 is 4.90 Å². The Morgan fingerprint density at radius 1 is 1.03 bits per heavy atom. The van der Waals surface area contributed by atoms with Crippen molar-refractivity contribution < 1.29 is 4.79 Å². The fourth-order valence-corrected chi connectivity index (χ4v) is 3.85. The average molecular weight is 430 g/mol. The number of benzene rings is 1. The van der Waals surface area contributed by atoms with Gasteiger partial charge in [0.15, 0.2) is 11.5 Å². The van der Waals surface area contributed by atoms with Gasteiger partial charge in [0.1, 0.15) is 0 Å². The maximum atomic E-state index is 12.7. The molecule has 4 aromatic rings. The van der Waals surface area contributed by atoms with Crippen LogP contribution in [0.1, 0.15) is 21.9 Å². The zero-order chi connectivity index (χ0) is 22.2. The van der Waals surface area contributed by atoms with Gasteiger partial charge in [-0.1, -0.05) is 18.2 Å². The lowest BCUT2D eigenvalue weighted by Crippen LogP contribution is -2.52. The minimum atomic E-state index is -0.175. The molecule has 1 aliphatic rings. The number of aromatic nitrogens is 7. The van der Waals surface area contributed by atoms with Gasteiger partial charge in [-0.3, -0.25) is 9.59 Å². The summed E-state index contributed by atoms with van der Waals surface area (Å²) < 4.78 is 3.17. The minimum Gasteiger partial charge on any atom is -0.336 e. The van der Waals surface area contributed by atoms with Gasteiger partial charge in [-0.2, -0.15) is 15.0 Å². The van der Waals surface area contributed by atoms with E-state index >= 15 is 0 Å². The highest BCUT2D eigenvalue weighted by atomic mass is 16.2. The van der Waals surface area contributed by atoms with E-state index in [0.29, 0.717) is 31.1 Å². The Morgan fingerprint density at radius 3 is 2.53 bits per heavy atom. The third-order valence-electron chi connectivity index (χ3n) is 5.45. The zero-order valence-corrected chi connectivity index (χ0v) is 17.8. The third-order valence-corrected chi connectivity index (χ3v) is 5.45. The van der Waals surface area contributed by atoms with Crippen LogP contribution in [-0.2, 0) is 6.54 Å². The van der Waals surface area contributed by atoms with Crippen molar-refractivity contribution in [3.63, 3.8) is 0 Å². The summed E-state index contributed by atoms with van der Waals surface area (Å²) >= 11 is 0. The summed E-state index contributed by atoms with van der Waals surface area (Å²) in [6.07, 6.45) is 1.48. The maximum absolute atomic E-state index is 12.7. The molecule has 1 aromatic carbocycles. The molecule has 10 nitrogen and oxygen atoms in total. The molecule has 0 atom stereocenters. The standard InChI is InChI=1S/C22H22N8O2/c1-15-10-16(2)29(24-15)20-8-9-21(31)28(26-20)14-17-12-27(13-17)22(32)19-11-23-30(25-19)18-6-4-3-5-7-18/h3-11,17H,12-14H2,1-2H3. The number of aryl methyl sites for hydroxylation is 2. The predicted molar refractivity (Wildman–Crippen MR) is 116 cm³/mol. The number of carbonyl (C=O) groups is 1. The largest absolute Gasteiger partial charge is 0.336 e. The van der Waals surface area contributed by atoms with E-state index in [1.165, 1.54) is 21.7 Å². The molecular formula is C22H22N8O2. The van der Waals surface area contributed by atoms with Gasteiger partial charge in [0.05, 0.1) is 24.1 Å². The van der Waals surface area contributed by atoms with E-state index in [0.717, 1.165) is 17.1 Å². The Kier molecular flexibility index (Phi) is 4.89. The van der Waals surface area contributed by atoms with Gasteiger partial charge in [0, 0.05) is 30.8 Å². The molecule has 0 unspecified atom stereocenters. The molecule has 3 aromatic heterocycles. The summed E-state index contributed by atoms with van der Waals surface area (Å²) in [7, 11) is 0. The second-order valence-corrected chi connectivity index (χ2v) is 7.98. The number of likely N-dealkylation sites (tertiary alicyclic amines) is 1. The lowest BCUT2D eigenvalue weighted by molar-refractivity contribution is 0.0452. The fourth-order valence-electron chi connectivity index (χ4n) is 3.85. The van der Waals surface area contributed by atoms with Crippen molar-refractivity contribution in [3.05, 3.63) is 82.2 Å². The molecule has 0 bridgehead atoms. The monoisotopic (exact) mass is 430 g/mol. The van der Waals surface area contributed by atoms with E-state index in [1.54, 1.807) is 15.6 Å². The smallest absolute Gasteiger partial charge is 0.276 e. The normalized spacial score (nSPS) is 13.9. The van der Waals surface area contributed by atoms with Crippen LogP contribution < -0.4 is 5.56 Å². The quantitative estimate of drug-likeness (QED) is 0.474. The van der Waals surface area contributed by atoms with Crippen LogP contribution >= 0.6 is 0 Å². The maximum Gasteiger partial charge on any atom is 0.276 e. The number of hydrogen-bond acceptors (Lipinski definition) is 6. The highest BCUT2D eigenvalue weighted by Gasteiger charge is 2.33. The SMILES string of the molecule is Cc1cc(C)n(-c2ccc(=O)n(CC3CN(C(=O)c4cnn(-c5ccccc5)n4)C3)n2)n1. The molecule has 0 spiro atoms. The topological polar surface area (TPSA) is 104 Å². The zero-order valence-electron chi connectivity index (χ0n) is 17.8. The number of carbonyl (C=O) groups excluding carboxylic acids is 1. The van der Waals surface area contributed by atoms with E-state index in [1.807, 2.05) is 50.2 Å². The van der Waals surface area contributed by atoms with Crippen molar-refractivity contribution in [3.8, 4) is 11.5 Å². The summed E-state index contributed by atoms with van der Waals surface area (Å²) in [6.45, 7) is 5.37. The molecule has 4 heterocycles. The van der Waals surface area contributed by atoms with Crippen LogP contribution in [0.2, 0.25) is 0 Å². The van der Waals surface area contributed by atoms with Crippen LogP contribution in [0.4, 0.5) is 0 Å². The van der Waals surface area contributed by atoms with E-state index in [-0.39, 0.29) is 17.4 Å². The Morgan fingerprint density at radius 2 is 1.81 bits per heavy atom. The first-order valence-electron chi connectivity index (χ1n) is 10.4. The average Bonchev–Trinajstić information content (AvgIpc) is 3.38. The summed E-state index contributed by atoms with van der Waals surface area (Å²) in [5.74, 6) is 0.573. The van der Waals surface area contributed by atoms with Crippen molar-refractivity contribution in [1.82, 2.24) is 39.5 Å². The van der Waals surface area contributed by atoms with Crippen molar-refractivity contribution >= 4 is 5.91 Å². The summed E-state index contributed by atoms with van der Waals surface area (Å²) in [6, 6.07) is 14.6. The molecule has 1 aliphatic heterocycles. The summed E-state index contributed by atoms with van der Waals surface area (Å²) in [5, 5.41) is 17.4. The van der Waals surface area contributed by atoms with Gasteiger partial charge in [-0.05, 0) is 38.1 Å². The van der Waals surface area contributed by atoms with Crippen molar-refractivity contribution in [2.24, 2.45) is 5.92 Å². The van der Waals surface area contributed by atoms with Gasteiger partial charge in [-0.15, -0.1) is 10.2 Å². The van der Waals surface area contributed by atoms with Crippen LogP contribution in [0.25, 0.3) is 11.5 Å². The van der Waals surface area contributed by atoms with Gasteiger partial charge in [0.25, 0.3) is 11.5 Å². The predicted octanol–water partition coefficient (Wildman–Crippen LogP) is 1.40. The first-order chi connectivity index (χ1) is 15.5. The Bertz CT molecular complexity index is 1330. The van der Waals surface area contributed by atoms with Crippen LogP contribution in [0.5, 0.6) is 0 Å². The molecule has 0 radical (unpaired) electrons. The molecule has 32 heavy (non-hydrogen) atoms. The minimum absolute atomic E-state index is 0.143.